The Balaban J connectivity index is 2.83. The van der Waals surface area contributed by atoms with Gasteiger partial charge in [-0.25, -0.2) is 0 Å². The van der Waals surface area contributed by atoms with E-state index >= 15 is 0 Å². The molecule has 0 unspecified atom stereocenters. The molecule has 70 valence electrons. The Labute approximate surface area is 92.7 Å². The predicted octanol–water partition coefficient (Wildman–Crippen LogP) is 4.45. The second kappa shape index (κ2) is 5.46. The maximum absolute atomic E-state index is 5.98. The molecule has 0 aliphatic heterocycles. The molecule has 0 N–H and O–H groups in total. The molecule has 0 saturated heterocycles. The molecule has 0 saturated carbocycles. The van der Waals surface area contributed by atoms with E-state index in [1.807, 2.05) is 19.1 Å². The number of benzene rings is 1. The fourth-order valence-electron chi connectivity index (χ4n) is 1.08. The Morgan fingerprint density at radius 1 is 1.46 bits per heavy atom. The van der Waals surface area contributed by atoms with Crippen LogP contribution in [0.1, 0.15) is 17.5 Å². The first-order valence-corrected chi connectivity index (χ1v) is 5.73. The Kier molecular flexibility index (Phi) is 4.54. The minimum absolute atomic E-state index is 0.834. The van der Waals surface area contributed by atoms with E-state index in [9.17, 15) is 0 Å². The first-order chi connectivity index (χ1) is 6.25. The third-order valence-electron chi connectivity index (χ3n) is 1.88. The summed E-state index contributed by atoms with van der Waals surface area (Å²) in [5.41, 5.74) is 2.35. The van der Waals surface area contributed by atoms with Gasteiger partial charge in [0.15, 0.2) is 0 Å². The van der Waals surface area contributed by atoms with Gasteiger partial charge in [0, 0.05) is 10.4 Å². The molecular formula is C11H12BrCl. The molecule has 1 aromatic rings. The van der Waals surface area contributed by atoms with Crippen LogP contribution < -0.4 is 0 Å². The van der Waals surface area contributed by atoms with Gasteiger partial charge in [-0.15, -0.1) is 0 Å². The first-order valence-electron chi connectivity index (χ1n) is 4.23. The van der Waals surface area contributed by atoms with E-state index in [-0.39, 0.29) is 0 Å². The van der Waals surface area contributed by atoms with Crippen molar-refractivity contribution < 1.29 is 0 Å². The van der Waals surface area contributed by atoms with E-state index in [0.29, 0.717) is 0 Å². The van der Waals surface area contributed by atoms with Crippen molar-refractivity contribution in [2.45, 2.75) is 13.3 Å². The Morgan fingerprint density at radius 3 is 2.92 bits per heavy atom. The number of halogens is 2. The monoisotopic (exact) mass is 258 g/mol. The normalized spacial score (nSPS) is 11.0. The molecule has 1 rings (SSSR count). The molecule has 0 aromatic heterocycles. The highest BCUT2D eigenvalue weighted by molar-refractivity contribution is 9.09. The van der Waals surface area contributed by atoms with Gasteiger partial charge >= 0.3 is 0 Å². The van der Waals surface area contributed by atoms with Crippen LogP contribution in [0.25, 0.3) is 6.08 Å². The zero-order valence-corrected chi connectivity index (χ0v) is 9.90. The fraction of sp³-hybridized carbons (Fsp3) is 0.273. The SMILES string of the molecule is Cc1c(Cl)cccc1C=CCCBr. The third kappa shape index (κ3) is 3.17. The van der Waals surface area contributed by atoms with Gasteiger partial charge in [0.1, 0.15) is 0 Å². The molecule has 0 atom stereocenters. The smallest absolute Gasteiger partial charge is 0.0441 e. The van der Waals surface area contributed by atoms with E-state index in [0.717, 1.165) is 22.3 Å². The number of allylic oxidation sites excluding steroid dienone is 1. The van der Waals surface area contributed by atoms with Crippen LogP contribution in [0.15, 0.2) is 24.3 Å². The average Bonchev–Trinajstić information content (AvgIpc) is 2.13. The van der Waals surface area contributed by atoms with Gasteiger partial charge in [-0.2, -0.15) is 0 Å². The topological polar surface area (TPSA) is 0 Å². The molecule has 13 heavy (non-hydrogen) atoms. The van der Waals surface area contributed by atoms with Gasteiger partial charge < -0.3 is 0 Å². The highest BCUT2D eigenvalue weighted by Crippen LogP contribution is 2.19. The maximum Gasteiger partial charge on any atom is 0.0441 e. The molecule has 0 fully saturated rings. The van der Waals surface area contributed by atoms with Crippen LogP contribution in [0.4, 0.5) is 0 Å². The molecule has 0 radical (unpaired) electrons. The van der Waals surface area contributed by atoms with E-state index in [1.165, 1.54) is 5.56 Å². The summed E-state index contributed by atoms with van der Waals surface area (Å²) in [6.07, 6.45) is 5.31. The van der Waals surface area contributed by atoms with Gasteiger partial charge in [-0.05, 0) is 30.5 Å². The predicted molar refractivity (Wildman–Crippen MR) is 63.6 cm³/mol. The van der Waals surface area contributed by atoms with Gasteiger partial charge in [0.05, 0.1) is 0 Å². The number of alkyl halides is 1. The summed E-state index contributed by atoms with van der Waals surface area (Å²) >= 11 is 9.36. The van der Waals surface area contributed by atoms with Crippen LogP contribution in [-0.2, 0) is 0 Å². The van der Waals surface area contributed by atoms with Crippen molar-refractivity contribution in [2.24, 2.45) is 0 Å². The first kappa shape index (κ1) is 10.8. The van der Waals surface area contributed by atoms with Gasteiger partial charge in [-0.1, -0.05) is 51.8 Å². The summed E-state index contributed by atoms with van der Waals surface area (Å²) in [6, 6.07) is 5.97. The largest absolute Gasteiger partial charge is 0.0925 e. The van der Waals surface area contributed by atoms with Crippen LogP contribution in [-0.4, -0.2) is 5.33 Å². The molecule has 0 aliphatic carbocycles. The fourth-order valence-corrected chi connectivity index (χ4v) is 1.52. The Morgan fingerprint density at radius 2 is 2.23 bits per heavy atom. The van der Waals surface area contributed by atoms with Crippen molar-refractivity contribution in [1.29, 1.82) is 0 Å². The molecule has 0 nitrogen and oxygen atoms in total. The maximum atomic E-state index is 5.98. The molecule has 1 aromatic carbocycles. The summed E-state index contributed by atoms with van der Waals surface area (Å²) in [7, 11) is 0. The minimum Gasteiger partial charge on any atom is -0.0925 e. The van der Waals surface area contributed by atoms with Crippen LogP contribution in [0.2, 0.25) is 5.02 Å². The minimum atomic E-state index is 0.834. The van der Waals surface area contributed by atoms with Crippen LogP contribution >= 0.6 is 27.5 Å². The lowest BCUT2D eigenvalue weighted by Crippen LogP contribution is -1.81. The van der Waals surface area contributed by atoms with Crippen LogP contribution in [0.5, 0.6) is 0 Å². The number of rotatable bonds is 3. The van der Waals surface area contributed by atoms with Crippen molar-refractivity contribution in [3.8, 4) is 0 Å². The molecule has 0 spiro atoms. The quantitative estimate of drug-likeness (QED) is 0.704. The Hall–Kier alpha value is -0.270. The summed E-state index contributed by atoms with van der Waals surface area (Å²) in [5, 5.41) is 1.84. The van der Waals surface area contributed by atoms with E-state index in [2.05, 4.69) is 34.1 Å². The van der Waals surface area contributed by atoms with Crippen molar-refractivity contribution in [2.75, 3.05) is 5.33 Å². The second-order valence-corrected chi connectivity index (χ2v) is 4.03. The van der Waals surface area contributed by atoms with E-state index < -0.39 is 0 Å². The molecule has 2 heteroatoms. The van der Waals surface area contributed by atoms with Crippen molar-refractivity contribution in [3.05, 3.63) is 40.4 Å². The zero-order chi connectivity index (χ0) is 9.68. The summed E-state index contributed by atoms with van der Waals surface area (Å²) in [5.74, 6) is 0. The van der Waals surface area contributed by atoms with Crippen molar-refractivity contribution >= 4 is 33.6 Å². The second-order valence-electron chi connectivity index (χ2n) is 2.83. The molecule has 0 heterocycles. The lowest BCUT2D eigenvalue weighted by molar-refractivity contribution is 1.27. The van der Waals surface area contributed by atoms with Gasteiger partial charge in [0.2, 0.25) is 0 Å². The van der Waals surface area contributed by atoms with Crippen LogP contribution in [0.3, 0.4) is 0 Å². The van der Waals surface area contributed by atoms with Crippen molar-refractivity contribution in [1.82, 2.24) is 0 Å². The lowest BCUT2D eigenvalue weighted by atomic mass is 10.1. The van der Waals surface area contributed by atoms with Gasteiger partial charge in [0.25, 0.3) is 0 Å². The number of hydrogen-bond acceptors (Lipinski definition) is 0. The molecule has 0 bridgehead atoms. The van der Waals surface area contributed by atoms with Gasteiger partial charge in [-0.3, -0.25) is 0 Å². The lowest BCUT2D eigenvalue weighted by Gasteiger charge is -2.01. The summed E-state index contributed by atoms with van der Waals surface area (Å²) in [4.78, 5) is 0. The highest BCUT2D eigenvalue weighted by Gasteiger charge is 1.97. The van der Waals surface area contributed by atoms with Crippen LogP contribution in [0, 0.1) is 6.92 Å². The molecule has 0 amide bonds. The van der Waals surface area contributed by atoms with E-state index in [1.54, 1.807) is 0 Å². The summed E-state index contributed by atoms with van der Waals surface area (Å²) < 4.78 is 0. The Bertz CT molecular complexity index is 305. The molecular weight excluding hydrogens is 247 g/mol. The van der Waals surface area contributed by atoms with E-state index in [4.69, 9.17) is 11.6 Å². The zero-order valence-electron chi connectivity index (χ0n) is 7.56. The highest BCUT2D eigenvalue weighted by atomic mass is 79.9. The van der Waals surface area contributed by atoms with Crippen molar-refractivity contribution in [3.63, 3.8) is 0 Å². The summed E-state index contributed by atoms with van der Waals surface area (Å²) in [6.45, 7) is 2.04. The average molecular weight is 260 g/mol. The number of hydrogen-bond donors (Lipinski definition) is 0. The third-order valence-corrected chi connectivity index (χ3v) is 2.75. The standard InChI is InChI=1S/C11H12BrCl/c1-9-10(5-2-3-8-12)6-4-7-11(9)13/h2,4-7H,3,8H2,1H3. The molecule has 0 aliphatic rings.